The third-order valence-electron chi connectivity index (χ3n) is 1.50. The fraction of sp³-hybridized carbons (Fsp3) is 0.100. The minimum absolute atomic E-state index is 0.355. The van der Waals surface area contributed by atoms with Gasteiger partial charge in [-0.1, -0.05) is 30.3 Å². The van der Waals surface area contributed by atoms with E-state index in [0.29, 0.717) is 5.57 Å². The molecule has 0 amide bonds. The van der Waals surface area contributed by atoms with Crippen LogP contribution in [0.25, 0.3) is 5.57 Å². The quantitative estimate of drug-likeness (QED) is 0.678. The minimum atomic E-state index is -1.19. The van der Waals surface area contributed by atoms with Gasteiger partial charge in [0.15, 0.2) is 0 Å². The van der Waals surface area contributed by atoms with Gasteiger partial charge in [-0.3, -0.25) is 0 Å². The second-order valence-electron chi connectivity index (χ2n) is 2.42. The molecule has 0 radical (unpaired) electrons. The number of hydrogen-bond acceptors (Lipinski definition) is 1. The predicted octanol–water partition coefficient (Wildman–Crippen LogP) is 2.17. The Hall–Kier alpha value is -1.57. The molecule has 0 saturated heterocycles. The van der Waals surface area contributed by atoms with E-state index in [-0.39, 0.29) is 6.05 Å². The highest BCUT2D eigenvalue weighted by atomic mass is 16.4. The zero-order valence-electron chi connectivity index (χ0n) is 7.74. The minimum Gasteiger partial charge on any atom is -0.478 e. The van der Waals surface area contributed by atoms with Crippen molar-refractivity contribution in [1.82, 2.24) is 0 Å². The lowest BCUT2D eigenvalue weighted by Gasteiger charge is -1.97. The normalized spacial score (nSPS) is 13.2. The maximum absolute atomic E-state index is 10.5. The first kappa shape index (κ1) is 7.10. The molecule has 1 rings (SSSR count). The first-order valence-electron chi connectivity index (χ1n) is 4.09. The van der Waals surface area contributed by atoms with Gasteiger partial charge in [0.2, 0.25) is 0 Å². The van der Waals surface area contributed by atoms with Crippen molar-refractivity contribution in [2.45, 2.75) is 6.92 Å². The lowest BCUT2D eigenvalue weighted by molar-refractivity contribution is -0.131. The molecule has 0 saturated carbocycles. The molecule has 1 N–H and O–H groups in total. The highest BCUT2D eigenvalue weighted by Gasteiger charge is 1.95. The summed E-state index contributed by atoms with van der Waals surface area (Å²) in [5.41, 5.74) is 1.25. The maximum atomic E-state index is 10.5. The molecule has 0 atom stereocenters. The third kappa shape index (κ3) is 2.23. The highest BCUT2D eigenvalue weighted by molar-refractivity contribution is 5.89. The number of carbonyl (C=O) groups is 1. The van der Waals surface area contributed by atoms with Crippen LogP contribution in [0.3, 0.4) is 0 Å². The van der Waals surface area contributed by atoms with Crippen LogP contribution in [-0.4, -0.2) is 11.1 Å². The number of carboxylic acids is 1. The molecule has 0 heterocycles. The second kappa shape index (κ2) is 3.72. The zero-order chi connectivity index (χ0) is 9.84. The Balaban J connectivity index is 3.11. The molecule has 0 bridgehead atoms. The van der Waals surface area contributed by atoms with Crippen LogP contribution in [-0.2, 0) is 4.79 Å². The SMILES string of the molecule is [2H]/C(C(=O)O)=C(/C)c1ccccc1. The second-order valence-corrected chi connectivity index (χ2v) is 2.42. The van der Waals surface area contributed by atoms with E-state index in [4.69, 9.17) is 6.48 Å². The monoisotopic (exact) mass is 163 g/mol. The summed E-state index contributed by atoms with van der Waals surface area (Å²) < 4.78 is 7.25. The first-order chi connectivity index (χ1) is 6.13. The standard InChI is InChI=1S/C10H10O2/c1-8(7-10(11)12)9-5-3-2-4-6-9/h2-7H,1H3,(H,11,12)/b8-7+/i7D. The Bertz CT molecular complexity index is 341. The van der Waals surface area contributed by atoms with Crippen molar-refractivity contribution in [1.29, 1.82) is 0 Å². The van der Waals surface area contributed by atoms with Crippen LogP contribution in [0.4, 0.5) is 0 Å². The van der Waals surface area contributed by atoms with E-state index < -0.39 is 5.97 Å². The van der Waals surface area contributed by atoms with Crippen molar-refractivity contribution in [3.05, 3.63) is 41.9 Å². The number of carboxylic acid groups (broad SMARTS) is 1. The molecular weight excluding hydrogens is 152 g/mol. The van der Waals surface area contributed by atoms with E-state index in [0.717, 1.165) is 5.56 Å². The largest absolute Gasteiger partial charge is 0.478 e. The Labute approximate surface area is 72.6 Å². The smallest absolute Gasteiger partial charge is 0.328 e. The van der Waals surface area contributed by atoms with Crippen molar-refractivity contribution < 1.29 is 11.3 Å². The van der Waals surface area contributed by atoms with Crippen LogP contribution < -0.4 is 0 Å². The number of allylic oxidation sites excluding steroid dienone is 1. The van der Waals surface area contributed by atoms with E-state index in [1.165, 1.54) is 0 Å². The van der Waals surface area contributed by atoms with E-state index in [9.17, 15) is 4.79 Å². The Morgan fingerprint density at radius 1 is 1.50 bits per heavy atom. The maximum Gasteiger partial charge on any atom is 0.328 e. The summed E-state index contributed by atoms with van der Waals surface area (Å²) in [6.07, 6.45) is 0. The first-order valence-corrected chi connectivity index (χ1v) is 3.59. The molecule has 0 aliphatic carbocycles. The number of rotatable bonds is 2. The Morgan fingerprint density at radius 2 is 2.08 bits per heavy atom. The van der Waals surface area contributed by atoms with Crippen LogP contribution in [0, 0.1) is 0 Å². The van der Waals surface area contributed by atoms with Crippen LogP contribution in [0.5, 0.6) is 0 Å². The summed E-state index contributed by atoms with van der Waals surface area (Å²) in [5.74, 6) is -1.19. The predicted molar refractivity (Wildman–Crippen MR) is 47.7 cm³/mol. The van der Waals surface area contributed by atoms with E-state index in [1.807, 2.05) is 18.2 Å². The zero-order valence-corrected chi connectivity index (χ0v) is 6.74. The van der Waals surface area contributed by atoms with Gasteiger partial charge >= 0.3 is 5.97 Å². The van der Waals surface area contributed by atoms with E-state index >= 15 is 0 Å². The fourth-order valence-electron chi connectivity index (χ4n) is 0.921. The molecule has 1 aromatic rings. The summed E-state index contributed by atoms with van der Waals surface area (Å²) >= 11 is 0. The molecule has 0 spiro atoms. The molecule has 1 aromatic carbocycles. The summed E-state index contributed by atoms with van der Waals surface area (Å²) in [5, 5.41) is 8.57. The highest BCUT2D eigenvalue weighted by Crippen LogP contribution is 2.11. The van der Waals surface area contributed by atoms with Crippen molar-refractivity contribution in [2.75, 3.05) is 0 Å². The number of benzene rings is 1. The lowest BCUT2D eigenvalue weighted by Crippen LogP contribution is -1.89. The molecule has 0 unspecified atom stereocenters. The summed E-state index contributed by atoms with van der Waals surface area (Å²) in [4.78, 5) is 10.5. The number of aliphatic carboxylic acids is 1. The summed E-state index contributed by atoms with van der Waals surface area (Å²) in [6, 6.07) is 8.69. The van der Waals surface area contributed by atoms with Crippen LogP contribution in [0.2, 0.25) is 0 Å². The molecule has 0 aromatic heterocycles. The average molecular weight is 163 g/mol. The Kier molecular flexibility index (Phi) is 2.20. The van der Waals surface area contributed by atoms with Gasteiger partial charge in [-0.2, -0.15) is 0 Å². The third-order valence-corrected chi connectivity index (χ3v) is 1.50. The van der Waals surface area contributed by atoms with Gasteiger partial charge in [-0.15, -0.1) is 0 Å². The van der Waals surface area contributed by atoms with Crippen LogP contribution >= 0.6 is 0 Å². The van der Waals surface area contributed by atoms with Crippen molar-refractivity contribution in [2.24, 2.45) is 0 Å². The van der Waals surface area contributed by atoms with Gasteiger partial charge in [0, 0.05) is 6.05 Å². The van der Waals surface area contributed by atoms with E-state index in [1.54, 1.807) is 19.1 Å². The lowest BCUT2D eigenvalue weighted by atomic mass is 10.1. The van der Waals surface area contributed by atoms with Crippen molar-refractivity contribution >= 4 is 11.5 Å². The van der Waals surface area contributed by atoms with Crippen molar-refractivity contribution in [3.63, 3.8) is 0 Å². The van der Waals surface area contributed by atoms with Gasteiger partial charge < -0.3 is 5.11 Å². The van der Waals surface area contributed by atoms with Crippen molar-refractivity contribution in [3.8, 4) is 0 Å². The molecule has 2 nitrogen and oxygen atoms in total. The van der Waals surface area contributed by atoms with Gasteiger partial charge in [0.05, 0.1) is 1.37 Å². The molecule has 2 heteroatoms. The van der Waals surface area contributed by atoms with Gasteiger partial charge in [-0.25, -0.2) is 4.79 Å². The molecule has 0 aliphatic heterocycles. The van der Waals surface area contributed by atoms with Crippen LogP contribution in [0.15, 0.2) is 36.4 Å². The number of hydrogen-bond donors (Lipinski definition) is 1. The average Bonchev–Trinajstić information content (AvgIpc) is 2.17. The van der Waals surface area contributed by atoms with E-state index in [2.05, 4.69) is 0 Å². The molecular formula is C10H10O2. The van der Waals surface area contributed by atoms with Gasteiger partial charge in [0.25, 0.3) is 0 Å². The van der Waals surface area contributed by atoms with Gasteiger partial charge in [0.1, 0.15) is 0 Å². The molecule has 62 valence electrons. The molecule has 0 aliphatic rings. The molecule has 0 fully saturated rings. The summed E-state index contributed by atoms with van der Waals surface area (Å²) in [7, 11) is 0. The fourth-order valence-corrected chi connectivity index (χ4v) is 0.921. The van der Waals surface area contributed by atoms with Gasteiger partial charge in [-0.05, 0) is 18.1 Å². The summed E-state index contributed by atoms with van der Waals surface area (Å²) in [6.45, 7) is 1.63. The topological polar surface area (TPSA) is 37.3 Å². The Morgan fingerprint density at radius 3 is 2.58 bits per heavy atom. The van der Waals surface area contributed by atoms with Crippen LogP contribution in [0.1, 0.15) is 13.9 Å². The molecule has 12 heavy (non-hydrogen) atoms.